The van der Waals surface area contributed by atoms with E-state index in [0.29, 0.717) is 12.4 Å². The Bertz CT molecular complexity index is 1230. The van der Waals surface area contributed by atoms with Crippen LogP contribution in [0.5, 0.6) is 11.5 Å². The topological polar surface area (TPSA) is 70.8 Å². The Kier molecular flexibility index (Phi) is 6.54. The molecule has 5 nitrogen and oxygen atoms in total. The summed E-state index contributed by atoms with van der Waals surface area (Å²) in [6.07, 6.45) is 0. The van der Waals surface area contributed by atoms with Gasteiger partial charge in [0.1, 0.15) is 23.7 Å². The first-order valence-corrected chi connectivity index (χ1v) is 10.9. The lowest BCUT2D eigenvalue weighted by atomic mass is 9.99. The monoisotopic (exact) mass is 445 g/mol. The van der Waals surface area contributed by atoms with Gasteiger partial charge in [0.25, 0.3) is 0 Å². The van der Waals surface area contributed by atoms with Gasteiger partial charge in [-0.05, 0) is 59.8 Å². The molecule has 162 valence electrons. The predicted molar refractivity (Wildman–Crippen MR) is 127 cm³/mol. The summed E-state index contributed by atoms with van der Waals surface area (Å²) >= 11 is 1.59. The molecule has 3 aromatic carbocycles. The molecular weight excluding hydrogens is 422 g/mol. The lowest BCUT2D eigenvalue weighted by Crippen LogP contribution is -2.11. The zero-order valence-corrected chi connectivity index (χ0v) is 18.6. The third kappa shape index (κ3) is 4.51. The number of ether oxygens (including phenoxy) is 2. The Balaban J connectivity index is 1.74. The van der Waals surface area contributed by atoms with Crippen molar-refractivity contribution in [3.05, 3.63) is 94.9 Å². The summed E-state index contributed by atoms with van der Waals surface area (Å²) in [5.41, 5.74) is 5.40. The molecule has 0 fully saturated rings. The van der Waals surface area contributed by atoms with E-state index in [-0.39, 0.29) is 5.56 Å². The number of aryl methyl sites for hydroxylation is 1. The van der Waals surface area contributed by atoms with E-state index in [2.05, 4.69) is 23.9 Å². The molecule has 0 unspecified atom stereocenters. The van der Waals surface area contributed by atoms with Gasteiger partial charge >= 0.3 is 5.97 Å². The maximum atomic E-state index is 12.1. The van der Waals surface area contributed by atoms with E-state index in [1.54, 1.807) is 23.5 Å². The van der Waals surface area contributed by atoms with Crippen molar-refractivity contribution in [2.45, 2.75) is 13.5 Å². The van der Waals surface area contributed by atoms with Gasteiger partial charge in [-0.25, -0.2) is 4.79 Å². The summed E-state index contributed by atoms with van der Waals surface area (Å²) in [6, 6.07) is 23.7. The van der Waals surface area contributed by atoms with Crippen molar-refractivity contribution in [2.75, 3.05) is 7.11 Å². The van der Waals surface area contributed by atoms with Gasteiger partial charge in [0.05, 0.1) is 7.11 Å². The fourth-order valence-electron chi connectivity index (χ4n) is 3.53. The maximum Gasteiger partial charge on any atom is 0.360 e. The third-order valence-corrected chi connectivity index (χ3v) is 6.08. The lowest BCUT2D eigenvalue weighted by Gasteiger charge is -2.14. The van der Waals surface area contributed by atoms with Crippen LogP contribution in [0.25, 0.3) is 21.6 Å². The van der Waals surface area contributed by atoms with Crippen LogP contribution < -0.4 is 15.4 Å². The number of hydrogen-bond acceptors (Lipinski definition) is 6. The highest BCUT2D eigenvalue weighted by Crippen LogP contribution is 2.42. The molecule has 0 spiro atoms. The van der Waals surface area contributed by atoms with Crippen molar-refractivity contribution < 1.29 is 19.1 Å². The van der Waals surface area contributed by atoms with Gasteiger partial charge in [0, 0.05) is 16.0 Å². The quantitative estimate of drug-likeness (QED) is 0.353. The normalized spacial score (nSPS) is 10.6. The van der Waals surface area contributed by atoms with Gasteiger partial charge in [-0.15, -0.1) is 11.3 Å². The first-order chi connectivity index (χ1) is 15.6. The summed E-state index contributed by atoms with van der Waals surface area (Å²) in [4.78, 5) is 17.6. The Morgan fingerprint density at radius 2 is 1.72 bits per heavy atom. The predicted octanol–water partition coefficient (Wildman–Crippen LogP) is 6.01. The van der Waals surface area contributed by atoms with Crippen LogP contribution >= 0.6 is 11.3 Å². The number of methoxy groups -OCH3 is 1. The Morgan fingerprint density at radius 1 is 0.938 bits per heavy atom. The Morgan fingerprint density at radius 3 is 2.47 bits per heavy atom. The van der Waals surface area contributed by atoms with Gasteiger partial charge in [0.2, 0.25) is 0 Å². The summed E-state index contributed by atoms with van der Waals surface area (Å²) in [7, 11) is 1.50. The van der Waals surface area contributed by atoms with Crippen LogP contribution in [0.3, 0.4) is 0 Å². The number of thiophene rings is 1. The van der Waals surface area contributed by atoms with E-state index >= 15 is 0 Å². The van der Waals surface area contributed by atoms with Crippen LogP contribution in [0.1, 0.15) is 21.5 Å². The fourth-order valence-corrected chi connectivity index (χ4v) is 4.44. The van der Waals surface area contributed by atoms with Crippen molar-refractivity contribution in [3.63, 3.8) is 0 Å². The van der Waals surface area contributed by atoms with Gasteiger partial charge < -0.3 is 14.3 Å². The van der Waals surface area contributed by atoms with E-state index < -0.39 is 5.97 Å². The van der Waals surface area contributed by atoms with E-state index in [1.165, 1.54) is 7.11 Å². The third-order valence-electron chi connectivity index (χ3n) is 5.12. The zero-order valence-electron chi connectivity index (χ0n) is 17.8. The smallest absolute Gasteiger partial charge is 0.360 e. The summed E-state index contributed by atoms with van der Waals surface area (Å²) < 4.78 is 11.5. The number of carbonyl (C=O) groups excluding carboxylic acids is 1. The highest BCUT2D eigenvalue weighted by molar-refractivity contribution is 7.14. The minimum Gasteiger partial charge on any atom is -0.496 e. The van der Waals surface area contributed by atoms with Crippen LogP contribution in [0.4, 0.5) is 0 Å². The standard InChI is InChI=1S/C26H23NO4S/c1-17-8-10-24(30-16-18-6-4-3-5-7-18)21(14-17)20-12-13-32-25(20)19-9-11-23(29-2)22(15-19)26(28)31-27/h3-15H,16,27H2,1-2H3. The average Bonchev–Trinajstić information content (AvgIpc) is 3.32. The van der Waals surface area contributed by atoms with E-state index in [1.807, 2.05) is 53.9 Å². The summed E-state index contributed by atoms with van der Waals surface area (Å²) in [5, 5.41) is 2.03. The van der Waals surface area contributed by atoms with E-state index in [4.69, 9.17) is 15.4 Å². The minimum atomic E-state index is -0.649. The Labute approximate surface area is 190 Å². The maximum absolute atomic E-state index is 12.1. The Hall–Kier alpha value is -3.61. The zero-order chi connectivity index (χ0) is 22.5. The first kappa shape index (κ1) is 21.6. The van der Waals surface area contributed by atoms with Gasteiger partial charge in [-0.1, -0.05) is 42.0 Å². The van der Waals surface area contributed by atoms with Gasteiger partial charge in [0.15, 0.2) is 0 Å². The molecule has 0 aliphatic rings. The number of benzene rings is 3. The number of rotatable bonds is 7. The molecule has 0 aliphatic heterocycles. The first-order valence-electron chi connectivity index (χ1n) is 10.1. The highest BCUT2D eigenvalue weighted by atomic mass is 32.1. The fraction of sp³-hybridized carbons (Fsp3) is 0.115. The van der Waals surface area contributed by atoms with Crippen molar-refractivity contribution in [1.29, 1.82) is 0 Å². The molecule has 2 N–H and O–H groups in total. The van der Waals surface area contributed by atoms with Crippen molar-refractivity contribution in [3.8, 4) is 33.1 Å². The van der Waals surface area contributed by atoms with Crippen molar-refractivity contribution in [1.82, 2.24) is 0 Å². The molecular formula is C26H23NO4S. The molecule has 0 bridgehead atoms. The molecule has 0 amide bonds. The molecule has 4 rings (SSSR count). The second kappa shape index (κ2) is 9.68. The molecule has 0 saturated carbocycles. The largest absolute Gasteiger partial charge is 0.496 e. The minimum absolute atomic E-state index is 0.275. The molecule has 4 aromatic rings. The van der Waals surface area contributed by atoms with Crippen molar-refractivity contribution in [2.24, 2.45) is 5.90 Å². The van der Waals surface area contributed by atoms with Gasteiger partial charge in [-0.3, -0.25) is 0 Å². The summed E-state index contributed by atoms with van der Waals surface area (Å²) in [6.45, 7) is 2.53. The molecule has 1 heterocycles. The van der Waals surface area contributed by atoms with Crippen LogP contribution in [0.15, 0.2) is 78.2 Å². The van der Waals surface area contributed by atoms with Gasteiger partial charge in [-0.2, -0.15) is 5.90 Å². The summed E-state index contributed by atoms with van der Waals surface area (Å²) in [5.74, 6) is 5.67. The molecule has 6 heteroatoms. The SMILES string of the molecule is COc1ccc(-c2sccc2-c2cc(C)ccc2OCc2ccccc2)cc1C(=O)ON. The van der Waals surface area contributed by atoms with E-state index in [9.17, 15) is 4.79 Å². The molecule has 0 radical (unpaired) electrons. The van der Waals surface area contributed by atoms with Crippen LogP contribution in [0.2, 0.25) is 0 Å². The molecule has 1 aromatic heterocycles. The van der Waals surface area contributed by atoms with Crippen LogP contribution in [0, 0.1) is 6.92 Å². The molecule has 0 aliphatic carbocycles. The van der Waals surface area contributed by atoms with Crippen molar-refractivity contribution >= 4 is 17.3 Å². The van der Waals surface area contributed by atoms with Crippen LogP contribution in [-0.2, 0) is 11.4 Å². The molecule has 32 heavy (non-hydrogen) atoms. The second-order valence-corrected chi connectivity index (χ2v) is 8.17. The van der Waals surface area contributed by atoms with E-state index in [0.717, 1.165) is 38.4 Å². The number of carbonyl (C=O) groups is 1. The molecule has 0 saturated heterocycles. The average molecular weight is 446 g/mol. The molecule has 0 atom stereocenters. The highest BCUT2D eigenvalue weighted by Gasteiger charge is 2.19. The number of nitrogens with two attached hydrogens (primary N) is 1. The lowest BCUT2D eigenvalue weighted by molar-refractivity contribution is 0.0500. The van der Waals surface area contributed by atoms with Crippen LogP contribution in [-0.4, -0.2) is 13.1 Å². The number of hydrogen-bond donors (Lipinski definition) is 1. The second-order valence-electron chi connectivity index (χ2n) is 7.26.